The molecule has 1 aromatic heterocycles. The van der Waals surface area contributed by atoms with Crippen LogP contribution in [0.5, 0.6) is 0 Å². The predicted molar refractivity (Wildman–Crippen MR) is 72.5 cm³/mol. The van der Waals surface area contributed by atoms with Gasteiger partial charge in [-0.2, -0.15) is 0 Å². The van der Waals surface area contributed by atoms with Crippen molar-refractivity contribution >= 4 is 0 Å². The summed E-state index contributed by atoms with van der Waals surface area (Å²) in [5.41, 5.74) is 7.16. The lowest BCUT2D eigenvalue weighted by Crippen LogP contribution is -2.21. The minimum Gasteiger partial charge on any atom is -0.378 e. The van der Waals surface area contributed by atoms with Gasteiger partial charge in [0.25, 0.3) is 0 Å². The van der Waals surface area contributed by atoms with E-state index >= 15 is 0 Å². The molecule has 0 amide bonds. The molecule has 1 aliphatic rings. The van der Waals surface area contributed by atoms with E-state index in [0.29, 0.717) is 24.5 Å². The number of hydrogen-bond donors (Lipinski definition) is 1. The number of imidazole rings is 1. The minimum absolute atomic E-state index is 0.400. The van der Waals surface area contributed by atoms with Crippen LogP contribution in [0.2, 0.25) is 0 Å². The first-order valence-corrected chi connectivity index (χ1v) is 7.04. The summed E-state index contributed by atoms with van der Waals surface area (Å²) in [5.74, 6) is 0.949. The number of ether oxygens (including phenoxy) is 1. The molecule has 4 nitrogen and oxygen atoms in total. The van der Waals surface area contributed by atoms with E-state index in [1.165, 1.54) is 18.5 Å². The minimum atomic E-state index is 0.400. The topological polar surface area (TPSA) is 53.1 Å². The van der Waals surface area contributed by atoms with E-state index in [9.17, 15) is 0 Å². The Morgan fingerprint density at radius 2 is 2.39 bits per heavy atom. The molecule has 2 unspecified atom stereocenters. The molecule has 0 aromatic carbocycles. The summed E-state index contributed by atoms with van der Waals surface area (Å²) in [6.45, 7) is 7.04. The fourth-order valence-corrected chi connectivity index (χ4v) is 2.72. The van der Waals surface area contributed by atoms with E-state index in [0.717, 1.165) is 19.6 Å². The van der Waals surface area contributed by atoms with E-state index < -0.39 is 0 Å². The normalized spacial score (nSPS) is 21.7. The molecule has 1 aliphatic heterocycles. The Hall–Kier alpha value is -0.870. The number of nitrogens with zero attached hydrogens (tertiary/aromatic N) is 2. The van der Waals surface area contributed by atoms with Crippen LogP contribution in [0.3, 0.4) is 0 Å². The Morgan fingerprint density at radius 3 is 3.00 bits per heavy atom. The average Bonchev–Trinajstić information content (AvgIpc) is 2.97. The highest BCUT2D eigenvalue weighted by molar-refractivity contribution is 5.08. The lowest BCUT2D eigenvalue weighted by atomic mass is 9.93. The highest BCUT2D eigenvalue weighted by Crippen LogP contribution is 2.24. The van der Waals surface area contributed by atoms with Gasteiger partial charge in [0.2, 0.25) is 0 Å². The summed E-state index contributed by atoms with van der Waals surface area (Å²) < 4.78 is 7.92. The maximum absolute atomic E-state index is 5.89. The largest absolute Gasteiger partial charge is 0.378 e. The monoisotopic (exact) mass is 251 g/mol. The van der Waals surface area contributed by atoms with Gasteiger partial charge in [-0.15, -0.1) is 0 Å². The number of aryl methyl sites for hydroxylation is 1. The summed E-state index contributed by atoms with van der Waals surface area (Å²) >= 11 is 0. The van der Waals surface area contributed by atoms with Crippen LogP contribution in [0, 0.1) is 5.92 Å². The third-order valence-corrected chi connectivity index (χ3v) is 3.90. The Bertz CT molecular complexity index is 356. The fraction of sp³-hybridized carbons (Fsp3) is 0.786. The molecular formula is C14H25N3O. The van der Waals surface area contributed by atoms with Crippen molar-refractivity contribution in [2.45, 2.75) is 51.7 Å². The molecule has 0 saturated carbocycles. The molecule has 2 N–H and O–H groups in total. The van der Waals surface area contributed by atoms with E-state index in [1.807, 2.05) is 12.5 Å². The molecule has 0 spiro atoms. The quantitative estimate of drug-likeness (QED) is 0.843. The second-order valence-corrected chi connectivity index (χ2v) is 5.52. The number of nitrogens with two attached hydrogens (primary N) is 1. The SMILES string of the molecule is CC(C)C(CN)c1cncn1CCC1CCCO1. The van der Waals surface area contributed by atoms with Gasteiger partial charge in [-0.3, -0.25) is 0 Å². The maximum atomic E-state index is 5.89. The zero-order valence-electron chi connectivity index (χ0n) is 11.5. The molecule has 1 fully saturated rings. The highest BCUT2D eigenvalue weighted by atomic mass is 16.5. The van der Waals surface area contributed by atoms with Crippen molar-refractivity contribution in [3.05, 3.63) is 18.2 Å². The third-order valence-electron chi connectivity index (χ3n) is 3.90. The van der Waals surface area contributed by atoms with Crippen LogP contribution in [-0.2, 0) is 11.3 Å². The van der Waals surface area contributed by atoms with Crippen molar-refractivity contribution in [3.63, 3.8) is 0 Å². The van der Waals surface area contributed by atoms with E-state index in [2.05, 4.69) is 23.4 Å². The van der Waals surface area contributed by atoms with Gasteiger partial charge in [-0.1, -0.05) is 13.8 Å². The van der Waals surface area contributed by atoms with E-state index in [1.54, 1.807) is 0 Å². The van der Waals surface area contributed by atoms with Gasteiger partial charge in [-0.25, -0.2) is 4.98 Å². The van der Waals surface area contributed by atoms with Crippen molar-refractivity contribution in [2.75, 3.05) is 13.2 Å². The molecule has 1 aromatic rings. The summed E-state index contributed by atoms with van der Waals surface area (Å²) in [5, 5.41) is 0. The zero-order chi connectivity index (χ0) is 13.0. The van der Waals surface area contributed by atoms with Gasteiger partial charge in [0.15, 0.2) is 0 Å². The molecule has 18 heavy (non-hydrogen) atoms. The lowest BCUT2D eigenvalue weighted by molar-refractivity contribution is 0.100. The summed E-state index contributed by atoms with van der Waals surface area (Å²) in [6.07, 6.45) is 7.82. The highest BCUT2D eigenvalue weighted by Gasteiger charge is 2.20. The lowest BCUT2D eigenvalue weighted by Gasteiger charge is -2.21. The van der Waals surface area contributed by atoms with Crippen LogP contribution in [0.1, 0.15) is 44.7 Å². The van der Waals surface area contributed by atoms with Crippen LogP contribution in [0.15, 0.2) is 12.5 Å². The summed E-state index contributed by atoms with van der Waals surface area (Å²) in [7, 11) is 0. The van der Waals surface area contributed by atoms with Gasteiger partial charge in [0.1, 0.15) is 0 Å². The van der Waals surface area contributed by atoms with Gasteiger partial charge in [0.05, 0.1) is 12.4 Å². The van der Waals surface area contributed by atoms with Crippen molar-refractivity contribution in [1.82, 2.24) is 9.55 Å². The van der Waals surface area contributed by atoms with Crippen LogP contribution in [0.25, 0.3) is 0 Å². The molecule has 2 heterocycles. The molecule has 4 heteroatoms. The third kappa shape index (κ3) is 3.12. The molecule has 2 rings (SSSR count). The Balaban J connectivity index is 1.97. The standard InChI is InChI=1S/C14H25N3O/c1-11(2)13(8-15)14-9-16-10-17(14)6-5-12-4-3-7-18-12/h9-13H,3-8,15H2,1-2H3. The number of rotatable bonds is 6. The molecular weight excluding hydrogens is 226 g/mol. The first-order chi connectivity index (χ1) is 8.72. The van der Waals surface area contributed by atoms with E-state index in [4.69, 9.17) is 10.5 Å². The fourth-order valence-electron chi connectivity index (χ4n) is 2.72. The van der Waals surface area contributed by atoms with Crippen LogP contribution in [0.4, 0.5) is 0 Å². The number of hydrogen-bond acceptors (Lipinski definition) is 3. The zero-order valence-corrected chi connectivity index (χ0v) is 11.5. The molecule has 1 saturated heterocycles. The predicted octanol–water partition coefficient (Wildman–Crippen LogP) is 2.15. The molecule has 0 aliphatic carbocycles. The van der Waals surface area contributed by atoms with Crippen molar-refractivity contribution in [2.24, 2.45) is 11.7 Å². The smallest absolute Gasteiger partial charge is 0.0948 e. The summed E-state index contributed by atoms with van der Waals surface area (Å²) in [6, 6.07) is 0. The Kier molecular flexibility index (Phi) is 4.78. The number of aromatic nitrogens is 2. The van der Waals surface area contributed by atoms with Gasteiger partial charge in [0, 0.05) is 37.5 Å². The Labute approximate surface area is 110 Å². The van der Waals surface area contributed by atoms with Gasteiger partial charge in [-0.05, 0) is 25.2 Å². The van der Waals surface area contributed by atoms with Crippen LogP contribution >= 0.6 is 0 Å². The maximum Gasteiger partial charge on any atom is 0.0948 e. The van der Waals surface area contributed by atoms with Crippen LogP contribution in [-0.4, -0.2) is 28.8 Å². The molecule has 0 radical (unpaired) electrons. The second-order valence-electron chi connectivity index (χ2n) is 5.52. The van der Waals surface area contributed by atoms with E-state index in [-0.39, 0.29) is 0 Å². The van der Waals surface area contributed by atoms with Crippen LogP contribution < -0.4 is 5.73 Å². The van der Waals surface area contributed by atoms with Gasteiger partial charge < -0.3 is 15.0 Å². The van der Waals surface area contributed by atoms with Crippen molar-refractivity contribution in [1.29, 1.82) is 0 Å². The first-order valence-electron chi connectivity index (χ1n) is 7.04. The molecule has 0 bridgehead atoms. The first kappa shape index (κ1) is 13.6. The van der Waals surface area contributed by atoms with Crippen molar-refractivity contribution < 1.29 is 4.74 Å². The van der Waals surface area contributed by atoms with Crippen molar-refractivity contribution in [3.8, 4) is 0 Å². The molecule has 2 atom stereocenters. The average molecular weight is 251 g/mol. The molecule has 102 valence electrons. The van der Waals surface area contributed by atoms with Gasteiger partial charge >= 0.3 is 0 Å². The summed E-state index contributed by atoms with van der Waals surface area (Å²) in [4.78, 5) is 4.29. The Morgan fingerprint density at radius 1 is 1.56 bits per heavy atom. The second kappa shape index (κ2) is 6.34.